The molecule has 0 amide bonds. The standard InChI is InChI=1S/C11H15BrO3/c1-3-5-8-7-15-9(6-12)10(8)11(13)14-4-2/h7H,3-6H2,1-2H3. The van der Waals surface area contributed by atoms with Crippen LogP contribution in [-0.2, 0) is 16.5 Å². The second-order valence-electron chi connectivity index (χ2n) is 3.16. The first kappa shape index (κ1) is 12.3. The van der Waals surface area contributed by atoms with Crippen LogP contribution < -0.4 is 0 Å². The fourth-order valence-electron chi connectivity index (χ4n) is 1.44. The third-order valence-electron chi connectivity index (χ3n) is 2.06. The zero-order valence-electron chi connectivity index (χ0n) is 9.01. The predicted molar refractivity (Wildman–Crippen MR) is 61.3 cm³/mol. The lowest BCUT2D eigenvalue weighted by atomic mass is 10.1. The number of furan rings is 1. The molecule has 0 atom stereocenters. The van der Waals surface area contributed by atoms with Gasteiger partial charge in [0.15, 0.2) is 0 Å². The Morgan fingerprint density at radius 3 is 2.80 bits per heavy atom. The maximum atomic E-state index is 11.7. The molecular weight excluding hydrogens is 260 g/mol. The van der Waals surface area contributed by atoms with Crippen molar-refractivity contribution < 1.29 is 13.9 Å². The van der Waals surface area contributed by atoms with E-state index in [2.05, 4.69) is 22.9 Å². The van der Waals surface area contributed by atoms with Crippen molar-refractivity contribution in [2.24, 2.45) is 0 Å². The van der Waals surface area contributed by atoms with Crippen molar-refractivity contribution in [2.45, 2.75) is 32.0 Å². The Morgan fingerprint density at radius 1 is 1.53 bits per heavy atom. The van der Waals surface area contributed by atoms with Gasteiger partial charge >= 0.3 is 5.97 Å². The molecule has 0 fully saturated rings. The second kappa shape index (κ2) is 5.95. The van der Waals surface area contributed by atoms with Crippen LogP contribution in [0.5, 0.6) is 0 Å². The van der Waals surface area contributed by atoms with Gasteiger partial charge in [0, 0.05) is 5.56 Å². The summed E-state index contributed by atoms with van der Waals surface area (Å²) >= 11 is 3.29. The molecule has 0 spiro atoms. The van der Waals surface area contributed by atoms with Crippen molar-refractivity contribution in [3.8, 4) is 0 Å². The molecule has 1 rings (SSSR count). The van der Waals surface area contributed by atoms with E-state index in [1.165, 1.54) is 0 Å². The summed E-state index contributed by atoms with van der Waals surface area (Å²) in [6, 6.07) is 0. The molecular formula is C11H15BrO3. The molecule has 84 valence electrons. The molecule has 0 N–H and O–H groups in total. The highest BCUT2D eigenvalue weighted by molar-refractivity contribution is 9.08. The highest BCUT2D eigenvalue weighted by Crippen LogP contribution is 2.22. The Kier molecular flexibility index (Phi) is 4.88. The summed E-state index contributed by atoms with van der Waals surface area (Å²) < 4.78 is 10.3. The van der Waals surface area contributed by atoms with Crippen LogP contribution in [0.15, 0.2) is 10.7 Å². The van der Waals surface area contributed by atoms with E-state index < -0.39 is 0 Å². The average molecular weight is 275 g/mol. The minimum atomic E-state index is -0.288. The molecule has 0 unspecified atom stereocenters. The van der Waals surface area contributed by atoms with Crippen molar-refractivity contribution >= 4 is 21.9 Å². The number of rotatable bonds is 5. The summed E-state index contributed by atoms with van der Waals surface area (Å²) in [5.41, 5.74) is 1.53. The fourth-order valence-corrected chi connectivity index (χ4v) is 1.85. The van der Waals surface area contributed by atoms with Crippen LogP contribution in [0.4, 0.5) is 0 Å². The van der Waals surface area contributed by atoms with E-state index in [-0.39, 0.29) is 5.97 Å². The quantitative estimate of drug-likeness (QED) is 0.611. The fraction of sp³-hybridized carbons (Fsp3) is 0.545. The van der Waals surface area contributed by atoms with Crippen LogP contribution in [0, 0.1) is 0 Å². The van der Waals surface area contributed by atoms with Crippen LogP contribution in [-0.4, -0.2) is 12.6 Å². The Balaban J connectivity index is 2.98. The number of carbonyl (C=O) groups excluding carboxylic acids is 1. The van der Waals surface area contributed by atoms with Crippen molar-refractivity contribution in [1.29, 1.82) is 0 Å². The molecule has 15 heavy (non-hydrogen) atoms. The molecule has 1 heterocycles. The van der Waals surface area contributed by atoms with Crippen molar-refractivity contribution in [3.05, 3.63) is 23.2 Å². The summed E-state index contributed by atoms with van der Waals surface area (Å²) in [4.78, 5) is 11.7. The van der Waals surface area contributed by atoms with Gasteiger partial charge in [-0.05, 0) is 13.3 Å². The third-order valence-corrected chi connectivity index (χ3v) is 2.57. The van der Waals surface area contributed by atoms with E-state index >= 15 is 0 Å². The van der Waals surface area contributed by atoms with Gasteiger partial charge in [0.25, 0.3) is 0 Å². The van der Waals surface area contributed by atoms with Crippen molar-refractivity contribution in [2.75, 3.05) is 6.61 Å². The summed E-state index contributed by atoms with van der Waals surface area (Å²) in [7, 11) is 0. The number of aryl methyl sites for hydroxylation is 1. The van der Waals surface area contributed by atoms with Crippen molar-refractivity contribution in [3.63, 3.8) is 0 Å². The summed E-state index contributed by atoms with van der Waals surface area (Å²) in [5, 5.41) is 0.533. The number of carbonyl (C=O) groups is 1. The molecule has 0 aromatic carbocycles. The number of halogens is 1. The topological polar surface area (TPSA) is 39.4 Å². The molecule has 1 aromatic heterocycles. The molecule has 3 nitrogen and oxygen atoms in total. The number of hydrogen-bond acceptors (Lipinski definition) is 3. The second-order valence-corrected chi connectivity index (χ2v) is 3.72. The predicted octanol–water partition coefficient (Wildman–Crippen LogP) is 3.30. The minimum Gasteiger partial charge on any atom is -0.467 e. The van der Waals surface area contributed by atoms with E-state index in [0.29, 0.717) is 23.3 Å². The lowest BCUT2D eigenvalue weighted by molar-refractivity contribution is 0.0523. The maximum absolute atomic E-state index is 11.7. The van der Waals surface area contributed by atoms with Crippen LogP contribution in [0.2, 0.25) is 0 Å². The summed E-state index contributed by atoms with van der Waals surface area (Å²) in [6.45, 7) is 4.25. The zero-order chi connectivity index (χ0) is 11.3. The number of esters is 1. The minimum absolute atomic E-state index is 0.288. The molecule has 0 radical (unpaired) electrons. The Morgan fingerprint density at radius 2 is 2.27 bits per heavy atom. The summed E-state index contributed by atoms with van der Waals surface area (Å²) in [6.07, 6.45) is 3.46. The van der Waals surface area contributed by atoms with E-state index in [1.54, 1.807) is 13.2 Å². The molecule has 4 heteroatoms. The summed E-state index contributed by atoms with van der Waals surface area (Å²) in [5.74, 6) is 0.362. The SMILES string of the molecule is CCCc1coc(CBr)c1C(=O)OCC. The molecule has 0 bridgehead atoms. The van der Waals surface area contributed by atoms with Crippen molar-refractivity contribution in [1.82, 2.24) is 0 Å². The Hall–Kier alpha value is -0.770. The number of alkyl halides is 1. The van der Waals surface area contributed by atoms with Crippen LogP contribution in [0.3, 0.4) is 0 Å². The molecule has 1 aromatic rings. The lowest BCUT2D eigenvalue weighted by Crippen LogP contribution is -2.08. The van der Waals surface area contributed by atoms with Gasteiger partial charge in [-0.1, -0.05) is 29.3 Å². The van der Waals surface area contributed by atoms with Gasteiger partial charge in [-0.3, -0.25) is 0 Å². The van der Waals surface area contributed by atoms with Gasteiger partial charge in [0.2, 0.25) is 0 Å². The average Bonchev–Trinajstić information content (AvgIpc) is 2.62. The van der Waals surface area contributed by atoms with Gasteiger partial charge < -0.3 is 9.15 Å². The molecule has 0 aliphatic carbocycles. The van der Waals surface area contributed by atoms with E-state index in [1.807, 2.05) is 0 Å². The van der Waals surface area contributed by atoms with E-state index in [9.17, 15) is 4.79 Å². The molecule has 0 aliphatic rings. The van der Waals surface area contributed by atoms with E-state index in [4.69, 9.17) is 9.15 Å². The maximum Gasteiger partial charge on any atom is 0.342 e. The molecule has 0 saturated heterocycles. The molecule has 0 saturated carbocycles. The Bertz CT molecular complexity index is 331. The van der Waals surface area contributed by atoms with Gasteiger partial charge in [-0.2, -0.15) is 0 Å². The lowest BCUT2D eigenvalue weighted by Gasteiger charge is -2.03. The number of hydrogen-bond donors (Lipinski definition) is 0. The first-order chi connectivity index (χ1) is 7.24. The first-order valence-corrected chi connectivity index (χ1v) is 6.19. The monoisotopic (exact) mass is 274 g/mol. The Labute approximate surface area is 97.9 Å². The highest BCUT2D eigenvalue weighted by Gasteiger charge is 2.20. The third kappa shape index (κ3) is 2.84. The van der Waals surface area contributed by atoms with E-state index in [0.717, 1.165) is 18.4 Å². The largest absolute Gasteiger partial charge is 0.467 e. The zero-order valence-corrected chi connectivity index (χ0v) is 10.6. The number of ether oxygens (including phenoxy) is 1. The van der Waals surface area contributed by atoms with Crippen LogP contribution in [0.25, 0.3) is 0 Å². The normalized spacial score (nSPS) is 10.3. The van der Waals surface area contributed by atoms with Gasteiger partial charge in [-0.25, -0.2) is 4.79 Å². The van der Waals surface area contributed by atoms with Gasteiger partial charge in [-0.15, -0.1) is 0 Å². The van der Waals surface area contributed by atoms with Gasteiger partial charge in [0.05, 0.1) is 18.2 Å². The van der Waals surface area contributed by atoms with Gasteiger partial charge in [0.1, 0.15) is 11.3 Å². The van der Waals surface area contributed by atoms with Crippen LogP contribution in [0.1, 0.15) is 41.9 Å². The highest BCUT2D eigenvalue weighted by atomic mass is 79.9. The first-order valence-electron chi connectivity index (χ1n) is 5.06. The van der Waals surface area contributed by atoms with Crippen LogP contribution >= 0.6 is 15.9 Å². The smallest absolute Gasteiger partial charge is 0.342 e. The molecule has 0 aliphatic heterocycles.